The lowest BCUT2D eigenvalue weighted by molar-refractivity contribution is -0.118. The number of carbonyl (C=O) groups is 1. The van der Waals surface area contributed by atoms with Crippen LogP contribution in [0.15, 0.2) is 53.3 Å². The second kappa shape index (κ2) is 7.94. The summed E-state index contributed by atoms with van der Waals surface area (Å²) in [5.74, 6) is 0.855. The number of halogens is 1. The highest BCUT2D eigenvalue weighted by Gasteiger charge is 2.09. The highest BCUT2D eigenvalue weighted by Crippen LogP contribution is 2.24. The van der Waals surface area contributed by atoms with Gasteiger partial charge in [-0.05, 0) is 49.4 Å². The third kappa shape index (κ3) is 4.45. The number of aromatic nitrogens is 2. The molecule has 7 heteroatoms. The number of hydrogen-bond donors (Lipinski definition) is 1. The Hall–Kier alpha value is -2.67. The van der Waals surface area contributed by atoms with Gasteiger partial charge in [-0.1, -0.05) is 15.9 Å². The first-order valence-electron chi connectivity index (χ1n) is 7.71. The fourth-order valence-corrected chi connectivity index (χ4v) is 2.61. The molecule has 128 valence electrons. The first-order valence-corrected chi connectivity index (χ1v) is 8.51. The third-order valence-corrected chi connectivity index (χ3v) is 3.84. The van der Waals surface area contributed by atoms with Gasteiger partial charge in [-0.2, -0.15) is 0 Å². The van der Waals surface area contributed by atoms with E-state index in [0.717, 1.165) is 21.1 Å². The molecule has 3 rings (SSSR count). The number of amides is 1. The van der Waals surface area contributed by atoms with Crippen LogP contribution >= 0.6 is 15.9 Å². The lowest BCUT2D eigenvalue weighted by Crippen LogP contribution is -2.20. The Balaban J connectivity index is 1.63. The SMILES string of the molecule is CCOc1ccc(NC(=O)COc2ncnc3ccc(Br)cc23)cc1. The van der Waals surface area contributed by atoms with Crippen LogP contribution in [-0.4, -0.2) is 29.1 Å². The molecule has 0 spiro atoms. The minimum absolute atomic E-state index is 0.147. The smallest absolute Gasteiger partial charge is 0.262 e. The van der Waals surface area contributed by atoms with Crippen LogP contribution < -0.4 is 14.8 Å². The Bertz CT molecular complexity index is 884. The zero-order chi connectivity index (χ0) is 17.6. The fraction of sp³-hybridized carbons (Fsp3) is 0.167. The molecule has 3 aromatic rings. The molecule has 1 amide bonds. The number of benzene rings is 2. The second-order valence-electron chi connectivity index (χ2n) is 5.13. The van der Waals surface area contributed by atoms with Crippen molar-refractivity contribution < 1.29 is 14.3 Å². The van der Waals surface area contributed by atoms with Crippen molar-refractivity contribution in [2.45, 2.75) is 6.92 Å². The maximum Gasteiger partial charge on any atom is 0.262 e. The number of rotatable bonds is 6. The van der Waals surface area contributed by atoms with Gasteiger partial charge in [0.05, 0.1) is 17.5 Å². The lowest BCUT2D eigenvalue weighted by Gasteiger charge is -2.09. The van der Waals surface area contributed by atoms with Gasteiger partial charge in [-0.3, -0.25) is 4.79 Å². The van der Waals surface area contributed by atoms with E-state index in [1.807, 2.05) is 25.1 Å². The molecule has 1 N–H and O–H groups in total. The van der Waals surface area contributed by atoms with Crippen LogP contribution in [0, 0.1) is 0 Å². The molecular weight excluding hydrogens is 386 g/mol. The van der Waals surface area contributed by atoms with E-state index in [1.165, 1.54) is 6.33 Å². The number of fused-ring (bicyclic) bond motifs is 1. The third-order valence-electron chi connectivity index (χ3n) is 3.35. The van der Waals surface area contributed by atoms with Crippen molar-refractivity contribution in [2.24, 2.45) is 0 Å². The van der Waals surface area contributed by atoms with Crippen molar-refractivity contribution >= 4 is 38.4 Å². The van der Waals surface area contributed by atoms with Gasteiger partial charge >= 0.3 is 0 Å². The molecule has 0 fully saturated rings. The van der Waals surface area contributed by atoms with Crippen molar-refractivity contribution in [3.05, 3.63) is 53.3 Å². The van der Waals surface area contributed by atoms with Crippen molar-refractivity contribution in [1.29, 1.82) is 0 Å². The van der Waals surface area contributed by atoms with Gasteiger partial charge in [0.2, 0.25) is 5.88 Å². The normalized spacial score (nSPS) is 10.5. The first kappa shape index (κ1) is 17.2. The van der Waals surface area contributed by atoms with Crippen LogP contribution in [0.25, 0.3) is 10.9 Å². The number of ether oxygens (including phenoxy) is 2. The highest BCUT2D eigenvalue weighted by atomic mass is 79.9. The minimum atomic E-state index is -0.272. The lowest BCUT2D eigenvalue weighted by atomic mass is 10.2. The summed E-state index contributed by atoms with van der Waals surface area (Å²) in [5.41, 5.74) is 1.42. The Morgan fingerprint density at radius 3 is 2.68 bits per heavy atom. The van der Waals surface area contributed by atoms with Gasteiger partial charge in [0.1, 0.15) is 12.1 Å². The summed E-state index contributed by atoms with van der Waals surface area (Å²) in [6, 6.07) is 12.8. The Morgan fingerprint density at radius 1 is 1.12 bits per heavy atom. The van der Waals surface area contributed by atoms with Gasteiger partial charge in [0.25, 0.3) is 5.91 Å². The van der Waals surface area contributed by atoms with Crippen LogP contribution in [0.2, 0.25) is 0 Å². The van der Waals surface area contributed by atoms with Crippen molar-refractivity contribution in [1.82, 2.24) is 9.97 Å². The van der Waals surface area contributed by atoms with Gasteiger partial charge < -0.3 is 14.8 Å². The minimum Gasteiger partial charge on any atom is -0.494 e. The molecule has 0 bridgehead atoms. The Kier molecular flexibility index (Phi) is 5.45. The molecule has 0 aliphatic heterocycles. The topological polar surface area (TPSA) is 73.3 Å². The zero-order valence-electron chi connectivity index (χ0n) is 13.5. The predicted octanol–water partition coefficient (Wildman–Crippen LogP) is 3.81. The Morgan fingerprint density at radius 2 is 1.92 bits per heavy atom. The highest BCUT2D eigenvalue weighted by molar-refractivity contribution is 9.10. The summed E-state index contributed by atoms with van der Waals surface area (Å²) < 4.78 is 11.8. The van der Waals surface area contributed by atoms with Crippen LogP contribution in [0.3, 0.4) is 0 Å². The summed E-state index contributed by atoms with van der Waals surface area (Å²) in [6.45, 7) is 2.37. The molecule has 0 saturated heterocycles. The van der Waals surface area contributed by atoms with Gasteiger partial charge in [0, 0.05) is 10.2 Å². The van der Waals surface area contributed by atoms with E-state index >= 15 is 0 Å². The summed E-state index contributed by atoms with van der Waals surface area (Å²) in [6.07, 6.45) is 1.41. The van der Waals surface area contributed by atoms with Gasteiger partial charge in [-0.15, -0.1) is 0 Å². The van der Waals surface area contributed by atoms with Gasteiger partial charge in [0.15, 0.2) is 6.61 Å². The predicted molar refractivity (Wildman–Crippen MR) is 99.0 cm³/mol. The molecule has 0 radical (unpaired) electrons. The molecule has 0 aliphatic rings. The molecule has 0 aliphatic carbocycles. The van der Waals surface area contributed by atoms with Crippen molar-refractivity contribution in [3.8, 4) is 11.6 Å². The zero-order valence-corrected chi connectivity index (χ0v) is 15.1. The first-order chi connectivity index (χ1) is 12.2. The summed E-state index contributed by atoms with van der Waals surface area (Å²) in [5, 5.41) is 3.51. The average Bonchev–Trinajstić information content (AvgIpc) is 2.62. The molecule has 6 nitrogen and oxygen atoms in total. The van der Waals surface area contributed by atoms with Crippen LogP contribution in [0.5, 0.6) is 11.6 Å². The number of anilines is 1. The van der Waals surface area contributed by atoms with Crippen LogP contribution in [0.1, 0.15) is 6.92 Å². The summed E-state index contributed by atoms with van der Waals surface area (Å²) >= 11 is 3.41. The second-order valence-corrected chi connectivity index (χ2v) is 6.05. The van der Waals surface area contributed by atoms with E-state index < -0.39 is 0 Å². The molecule has 1 aromatic heterocycles. The van der Waals surface area contributed by atoms with E-state index in [0.29, 0.717) is 18.2 Å². The van der Waals surface area contributed by atoms with E-state index in [-0.39, 0.29) is 12.5 Å². The molecule has 0 saturated carbocycles. The maximum absolute atomic E-state index is 12.1. The number of nitrogens with one attached hydrogen (secondary N) is 1. The number of carbonyl (C=O) groups excluding carboxylic acids is 1. The van der Waals surface area contributed by atoms with Gasteiger partial charge in [-0.25, -0.2) is 9.97 Å². The molecule has 1 heterocycles. The summed E-state index contributed by atoms with van der Waals surface area (Å²) in [4.78, 5) is 20.4. The Labute approximate surface area is 153 Å². The maximum atomic E-state index is 12.1. The largest absolute Gasteiger partial charge is 0.494 e. The quantitative estimate of drug-likeness (QED) is 0.679. The van der Waals surface area contributed by atoms with E-state index in [4.69, 9.17) is 9.47 Å². The fourth-order valence-electron chi connectivity index (χ4n) is 2.25. The molecule has 2 aromatic carbocycles. The van der Waals surface area contributed by atoms with Crippen LogP contribution in [0.4, 0.5) is 5.69 Å². The monoisotopic (exact) mass is 401 g/mol. The van der Waals surface area contributed by atoms with Crippen molar-refractivity contribution in [3.63, 3.8) is 0 Å². The van der Waals surface area contributed by atoms with E-state index in [9.17, 15) is 4.79 Å². The molecular formula is C18H16BrN3O3. The molecule has 0 atom stereocenters. The number of nitrogens with zero attached hydrogens (tertiary/aromatic N) is 2. The standard InChI is InChI=1S/C18H16BrN3O3/c1-2-24-14-6-4-13(5-7-14)22-17(23)10-25-18-15-9-12(19)3-8-16(15)20-11-21-18/h3-9,11H,2,10H2,1H3,(H,22,23). The van der Waals surface area contributed by atoms with Crippen molar-refractivity contribution in [2.75, 3.05) is 18.5 Å². The molecule has 25 heavy (non-hydrogen) atoms. The average molecular weight is 402 g/mol. The number of hydrogen-bond acceptors (Lipinski definition) is 5. The van der Waals surface area contributed by atoms with E-state index in [2.05, 4.69) is 31.2 Å². The molecule has 0 unspecified atom stereocenters. The van der Waals surface area contributed by atoms with Crippen LogP contribution in [-0.2, 0) is 4.79 Å². The van der Waals surface area contributed by atoms with E-state index in [1.54, 1.807) is 24.3 Å². The summed E-state index contributed by atoms with van der Waals surface area (Å²) in [7, 11) is 0.